The molecule has 1 unspecified atom stereocenters. The molecule has 1 rings (SSSR count). The lowest BCUT2D eigenvalue weighted by Gasteiger charge is -2.06. The maximum absolute atomic E-state index is 11.3. The van der Waals surface area contributed by atoms with Crippen molar-refractivity contribution in [2.75, 3.05) is 6.54 Å². The van der Waals surface area contributed by atoms with Gasteiger partial charge in [-0.3, -0.25) is 4.79 Å². The van der Waals surface area contributed by atoms with Crippen molar-refractivity contribution < 1.29 is 24.7 Å². The number of nitrogens with one attached hydrogen (secondary N) is 1. The molecule has 0 aliphatic carbocycles. The molecule has 3 N–H and O–H groups in total. The van der Waals surface area contributed by atoms with E-state index in [1.165, 1.54) is 6.20 Å². The van der Waals surface area contributed by atoms with Crippen molar-refractivity contribution in [2.45, 2.75) is 12.6 Å². The Morgan fingerprint density at radius 2 is 2.28 bits per heavy atom. The molecular weight excluding hydrogens is 248 g/mol. The van der Waals surface area contributed by atoms with E-state index in [2.05, 4.69) is 10.4 Å². The quantitative estimate of drug-likeness (QED) is 0.409. The number of aliphatic hydroxyl groups excluding tert-OH is 1. The highest BCUT2D eigenvalue weighted by molar-refractivity contribution is 5.77. The van der Waals surface area contributed by atoms with Crippen LogP contribution >= 0.6 is 0 Å². The predicted octanol–water partition coefficient (Wildman–Crippen LogP) is -1.65. The minimum Gasteiger partial charge on any atom is -0.479 e. The second kappa shape index (κ2) is 5.72. The predicted molar refractivity (Wildman–Crippen MR) is 55.5 cm³/mol. The highest BCUT2D eigenvalue weighted by atomic mass is 16.6. The maximum atomic E-state index is 11.3. The van der Waals surface area contributed by atoms with Crippen molar-refractivity contribution in [1.29, 1.82) is 0 Å². The summed E-state index contributed by atoms with van der Waals surface area (Å²) in [7, 11) is 0. The second-order valence-electron chi connectivity index (χ2n) is 3.29. The molecule has 0 fully saturated rings. The van der Waals surface area contributed by atoms with Gasteiger partial charge < -0.3 is 25.6 Å². The fourth-order valence-electron chi connectivity index (χ4n) is 1.04. The number of nitrogens with zero attached hydrogens (tertiary/aromatic N) is 3. The molecular formula is C8H10N4O6. The van der Waals surface area contributed by atoms with Crippen LogP contribution in [0, 0.1) is 10.1 Å². The molecule has 0 saturated carbocycles. The third-order valence-electron chi connectivity index (χ3n) is 1.90. The summed E-state index contributed by atoms with van der Waals surface area (Å²) in [6.45, 7) is -0.752. The van der Waals surface area contributed by atoms with Crippen LogP contribution in [0.3, 0.4) is 0 Å². The first kappa shape index (κ1) is 13.6. The van der Waals surface area contributed by atoms with Gasteiger partial charge in [-0.1, -0.05) is 0 Å². The summed E-state index contributed by atoms with van der Waals surface area (Å²) in [5, 5.41) is 33.2. The van der Waals surface area contributed by atoms with Gasteiger partial charge in [-0.05, 0) is 4.92 Å². The van der Waals surface area contributed by atoms with Gasteiger partial charge in [0.05, 0.1) is 23.9 Å². The lowest BCUT2D eigenvalue weighted by Crippen LogP contribution is -2.38. The Hall–Kier alpha value is -2.49. The van der Waals surface area contributed by atoms with Crippen molar-refractivity contribution in [2.24, 2.45) is 0 Å². The van der Waals surface area contributed by atoms with E-state index in [0.29, 0.717) is 0 Å². The molecule has 0 aromatic carbocycles. The van der Waals surface area contributed by atoms with Gasteiger partial charge in [-0.15, -0.1) is 0 Å². The summed E-state index contributed by atoms with van der Waals surface area (Å²) in [4.78, 5) is 31.1. The van der Waals surface area contributed by atoms with Crippen LogP contribution in [-0.2, 0) is 16.1 Å². The molecule has 0 aliphatic rings. The highest BCUT2D eigenvalue weighted by Crippen LogP contribution is 2.04. The van der Waals surface area contributed by atoms with Crippen molar-refractivity contribution in [1.82, 2.24) is 15.1 Å². The standard InChI is InChI=1S/C8H10N4O6/c13-5(8(15)16)3-9-7(14)4-11-2-1-6(10-11)12(17)18/h1-2,5,13H,3-4H2,(H,9,14)(H,15,16). The summed E-state index contributed by atoms with van der Waals surface area (Å²) < 4.78 is 1.03. The van der Waals surface area contributed by atoms with Gasteiger partial charge in [0.2, 0.25) is 5.91 Å². The fraction of sp³-hybridized carbons (Fsp3) is 0.375. The number of carbonyl (C=O) groups excluding carboxylic acids is 1. The van der Waals surface area contributed by atoms with Crippen LogP contribution in [0.25, 0.3) is 0 Å². The SMILES string of the molecule is O=C(Cn1ccc([N+](=O)[O-])n1)NCC(O)C(=O)O. The molecule has 1 amide bonds. The van der Waals surface area contributed by atoms with Crippen LogP contribution in [-0.4, -0.2) is 49.4 Å². The Bertz CT molecular complexity index is 470. The summed E-state index contributed by atoms with van der Waals surface area (Å²) >= 11 is 0. The molecule has 10 nitrogen and oxygen atoms in total. The third-order valence-corrected chi connectivity index (χ3v) is 1.90. The van der Waals surface area contributed by atoms with Gasteiger partial charge in [0.1, 0.15) is 6.54 Å². The minimum absolute atomic E-state index is 0.305. The molecule has 18 heavy (non-hydrogen) atoms. The molecule has 0 saturated heterocycles. The van der Waals surface area contributed by atoms with Crippen molar-refractivity contribution in [3.05, 3.63) is 22.4 Å². The van der Waals surface area contributed by atoms with Crippen LogP contribution < -0.4 is 5.32 Å². The molecule has 1 aromatic heterocycles. The van der Waals surface area contributed by atoms with Crippen LogP contribution in [0.1, 0.15) is 0 Å². The zero-order valence-electron chi connectivity index (χ0n) is 9.02. The number of hydrogen-bond acceptors (Lipinski definition) is 6. The Labute approximate surface area is 100.0 Å². The molecule has 98 valence electrons. The molecule has 0 radical (unpaired) electrons. The Balaban J connectivity index is 2.44. The lowest BCUT2D eigenvalue weighted by atomic mass is 10.3. The Morgan fingerprint density at radius 1 is 1.61 bits per heavy atom. The zero-order chi connectivity index (χ0) is 13.7. The largest absolute Gasteiger partial charge is 0.479 e. The monoisotopic (exact) mass is 258 g/mol. The van der Waals surface area contributed by atoms with Crippen molar-refractivity contribution >= 4 is 17.7 Å². The lowest BCUT2D eigenvalue weighted by molar-refractivity contribution is -0.389. The van der Waals surface area contributed by atoms with E-state index in [-0.39, 0.29) is 6.54 Å². The fourth-order valence-corrected chi connectivity index (χ4v) is 1.04. The van der Waals surface area contributed by atoms with E-state index in [1.807, 2.05) is 0 Å². The zero-order valence-corrected chi connectivity index (χ0v) is 9.02. The number of aromatic nitrogens is 2. The number of hydrogen-bond donors (Lipinski definition) is 3. The highest BCUT2D eigenvalue weighted by Gasteiger charge is 2.16. The number of amides is 1. The van der Waals surface area contributed by atoms with Crippen molar-refractivity contribution in [3.63, 3.8) is 0 Å². The Morgan fingerprint density at radius 3 is 2.78 bits per heavy atom. The number of aliphatic carboxylic acids is 1. The first-order valence-electron chi connectivity index (χ1n) is 4.75. The minimum atomic E-state index is -1.69. The number of rotatable bonds is 6. The van der Waals surface area contributed by atoms with Crippen molar-refractivity contribution in [3.8, 4) is 0 Å². The van der Waals surface area contributed by atoms with Gasteiger partial charge in [0, 0.05) is 0 Å². The maximum Gasteiger partial charge on any atom is 0.389 e. The summed E-state index contributed by atoms with van der Waals surface area (Å²) in [6.07, 6.45) is -0.452. The summed E-state index contributed by atoms with van der Waals surface area (Å²) in [6, 6.07) is 1.12. The van der Waals surface area contributed by atoms with Crippen LogP contribution in [0.15, 0.2) is 12.3 Å². The molecule has 1 atom stereocenters. The average Bonchev–Trinajstić information content (AvgIpc) is 2.74. The van der Waals surface area contributed by atoms with E-state index in [9.17, 15) is 19.7 Å². The smallest absolute Gasteiger partial charge is 0.389 e. The molecule has 0 aliphatic heterocycles. The van der Waals surface area contributed by atoms with E-state index in [4.69, 9.17) is 10.2 Å². The van der Waals surface area contributed by atoms with Crippen LogP contribution in [0.4, 0.5) is 5.82 Å². The molecule has 1 aromatic rings. The first-order valence-corrected chi connectivity index (χ1v) is 4.75. The summed E-state index contributed by atoms with van der Waals surface area (Å²) in [5.74, 6) is -2.47. The molecule has 0 bridgehead atoms. The number of carbonyl (C=O) groups is 2. The van der Waals surface area contributed by atoms with E-state index in [0.717, 1.165) is 10.7 Å². The summed E-state index contributed by atoms with van der Waals surface area (Å²) in [5.41, 5.74) is 0. The topological polar surface area (TPSA) is 148 Å². The van der Waals surface area contributed by atoms with Gasteiger partial charge >= 0.3 is 11.8 Å². The Kier molecular flexibility index (Phi) is 4.32. The number of nitro groups is 1. The number of carboxylic acid groups (broad SMARTS) is 1. The molecule has 1 heterocycles. The van der Waals surface area contributed by atoms with Crippen LogP contribution in [0.2, 0.25) is 0 Å². The normalized spacial score (nSPS) is 11.8. The molecule has 0 spiro atoms. The number of carboxylic acids is 1. The van der Waals surface area contributed by atoms with Gasteiger partial charge in [-0.2, -0.15) is 4.68 Å². The second-order valence-corrected chi connectivity index (χ2v) is 3.29. The number of aliphatic hydroxyl groups is 1. The van der Waals surface area contributed by atoms with E-state index < -0.39 is 35.3 Å². The van der Waals surface area contributed by atoms with Crippen LogP contribution in [0.5, 0.6) is 0 Å². The first-order chi connectivity index (χ1) is 8.40. The van der Waals surface area contributed by atoms with Gasteiger partial charge in [0.25, 0.3) is 0 Å². The molecule has 10 heteroatoms. The van der Waals surface area contributed by atoms with E-state index >= 15 is 0 Å². The average molecular weight is 258 g/mol. The van der Waals surface area contributed by atoms with E-state index in [1.54, 1.807) is 0 Å². The third kappa shape index (κ3) is 3.83. The van der Waals surface area contributed by atoms with Gasteiger partial charge in [0.15, 0.2) is 6.10 Å². The van der Waals surface area contributed by atoms with Gasteiger partial charge in [-0.25, -0.2) is 4.79 Å².